The highest BCUT2D eigenvalue weighted by Crippen LogP contribution is 2.26. The van der Waals surface area contributed by atoms with Crippen LogP contribution < -0.4 is 10.1 Å². The molecule has 0 spiro atoms. The van der Waals surface area contributed by atoms with Crippen molar-refractivity contribution in [2.24, 2.45) is 0 Å². The number of non-ortho nitro benzene ring substituents is 1. The Kier molecular flexibility index (Phi) is 6.76. The van der Waals surface area contributed by atoms with Gasteiger partial charge < -0.3 is 19.9 Å². The first-order valence-electron chi connectivity index (χ1n) is 7.59. The second-order valence-corrected chi connectivity index (χ2v) is 5.61. The predicted molar refractivity (Wildman–Crippen MR) is 95.8 cm³/mol. The van der Waals surface area contributed by atoms with E-state index >= 15 is 0 Å². The average Bonchev–Trinajstić information content (AvgIpc) is 2.64. The minimum absolute atomic E-state index is 0.00588. The lowest BCUT2D eigenvalue weighted by atomic mass is 10.1. The van der Waals surface area contributed by atoms with Gasteiger partial charge in [-0.2, -0.15) is 0 Å². The number of rotatable bonds is 8. The van der Waals surface area contributed by atoms with Gasteiger partial charge in [-0.15, -0.1) is 0 Å². The van der Waals surface area contributed by atoms with Crippen LogP contribution in [-0.2, 0) is 11.3 Å². The van der Waals surface area contributed by atoms with E-state index in [1.807, 2.05) is 0 Å². The van der Waals surface area contributed by atoms with E-state index in [-0.39, 0.29) is 31.0 Å². The summed E-state index contributed by atoms with van der Waals surface area (Å²) in [4.78, 5) is 22.8. The molecule has 0 fully saturated rings. The van der Waals surface area contributed by atoms with Crippen molar-refractivity contribution in [3.8, 4) is 5.75 Å². The Hall–Kier alpha value is -2.84. The van der Waals surface area contributed by atoms with E-state index in [1.54, 1.807) is 18.2 Å². The summed E-state index contributed by atoms with van der Waals surface area (Å²) < 4.78 is 10.5. The molecule has 9 heteroatoms. The Morgan fingerprint density at radius 1 is 1.31 bits per heavy atom. The molecule has 0 radical (unpaired) electrons. The number of carbonyl (C=O) groups excluding carboxylic acids is 1. The number of aliphatic hydroxyl groups excluding tert-OH is 1. The van der Waals surface area contributed by atoms with Crippen LogP contribution >= 0.6 is 11.6 Å². The summed E-state index contributed by atoms with van der Waals surface area (Å²) in [5.74, 6) is -0.254. The molecular formula is C17H17ClN2O6. The summed E-state index contributed by atoms with van der Waals surface area (Å²) in [7, 11) is 1.48. The fourth-order valence-electron chi connectivity index (χ4n) is 2.24. The average molecular weight is 381 g/mol. The third-order valence-corrected chi connectivity index (χ3v) is 3.70. The Bertz CT molecular complexity index is 812. The van der Waals surface area contributed by atoms with Gasteiger partial charge in [-0.05, 0) is 24.3 Å². The molecule has 0 aliphatic heterocycles. The predicted octanol–water partition coefficient (Wildman–Crippen LogP) is 3.02. The lowest BCUT2D eigenvalue weighted by Crippen LogP contribution is -2.13. The van der Waals surface area contributed by atoms with Crippen molar-refractivity contribution >= 4 is 28.9 Å². The van der Waals surface area contributed by atoms with Crippen molar-refractivity contribution < 1.29 is 24.3 Å². The zero-order chi connectivity index (χ0) is 19.1. The molecule has 0 aromatic heterocycles. The van der Waals surface area contributed by atoms with E-state index < -0.39 is 10.9 Å². The van der Waals surface area contributed by atoms with Crippen LogP contribution in [0.2, 0.25) is 5.02 Å². The second kappa shape index (κ2) is 9.02. The molecule has 2 rings (SSSR count). The molecule has 0 saturated heterocycles. The molecule has 0 unspecified atom stereocenters. The van der Waals surface area contributed by atoms with E-state index in [4.69, 9.17) is 26.2 Å². The third kappa shape index (κ3) is 4.84. The molecule has 2 aromatic carbocycles. The van der Waals surface area contributed by atoms with Gasteiger partial charge in [0, 0.05) is 35.0 Å². The van der Waals surface area contributed by atoms with Crippen LogP contribution in [0.1, 0.15) is 15.9 Å². The summed E-state index contributed by atoms with van der Waals surface area (Å²) in [5, 5.41) is 23.2. The van der Waals surface area contributed by atoms with Gasteiger partial charge in [0.15, 0.2) is 0 Å². The molecule has 2 N–H and O–H groups in total. The third-order valence-electron chi connectivity index (χ3n) is 3.46. The topological polar surface area (TPSA) is 111 Å². The van der Waals surface area contributed by atoms with Gasteiger partial charge in [-0.1, -0.05) is 11.6 Å². The molecular weight excluding hydrogens is 364 g/mol. The number of ether oxygens (including phenoxy) is 2. The zero-order valence-corrected chi connectivity index (χ0v) is 14.7. The number of nitrogens with zero attached hydrogens (tertiary/aromatic N) is 1. The van der Waals surface area contributed by atoms with E-state index in [9.17, 15) is 14.9 Å². The lowest BCUT2D eigenvalue weighted by molar-refractivity contribution is -0.384. The fraction of sp³-hybridized carbons (Fsp3) is 0.235. The molecule has 8 nitrogen and oxygen atoms in total. The van der Waals surface area contributed by atoms with Crippen LogP contribution in [0.15, 0.2) is 36.4 Å². The first-order valence-corrected chi connectivity index (χ1v) is 7.96. The number of esters is 1. The van der Waals surface area contributed by atoms with Crippen molar-refractivity contribution in [2.75, 3.05) is 25.6 Å². The summed E-state index contributed by atoms with van der Waals surface area (Å²) in [6.45, 7) is -0.101. The fourth-order valence-corrected chi connectivity index (χ4v) is 2.44. The van der Waals surface area contributed by atoms with E-state index in [1.165, 1.54) is 19.2 Å². The highest BCUT2D eigenvalue weighted by atomic mass is 35.5. The van der Waals surface area contributed by atoms with Crippen molar-refractivity contribution in [2.45, 2.75) is 6.61 Å². The Morgan fingerprint density at radius 3 is 2.73 bits per heavy atom. The van der Waals surface area contributed by atoms with E-state index in [0.29, 0.717) is 22.0 Å². The number of hydrogen-bond donors (Lipinski definition) is 2. The summed E-state index contributed by atoms with van der Waals surface area (Å²) in [5.41, 5.74) is 0.636. The van der Waals surface area contributed by atoms with Crippen molar-refractivity contribution in [1.29, 1.82) is 0 Å². The standard InChI is InChI=1S/C17H17ClN2O6/c1-25-16-5-2-12(18)8-11(16)10-26-17(22)14-9-13(20(23)24)3-4-15(14)19-6-7-21/h2-5,8-9,19,21H,6-7,10H2,1H3. The summed E-state index contributed by atoms with van der Waals surface area (Å²) in [6.07, 6.45) is 0. The minimum Gasteiger partial charge on any atom is -0.496 e. The van der Waals surface area contributed by atoms with Gasteiger partial charge in [0.2, 0.25) is 0 Å². The normalized spacial score (nSPS) is 10.3. The van der Waals surface area contributed by atoms with E-state index in [0.717, 1.165) is 6.07 Å². The molecule has 0 bridgehead atoms. The monoisotopic (exact) mass is 380 g/mol. The number of anilines is 1. The Labute approximate surface area is 154 Å². The summed E-state index contributed by atoms with van der Waals surface area (Å²) in [6, 6.07) is 8.67. The molecule has 0 amide bonds. The largest absolute Gasteiger partial charge is 0.496 e. The SMILES string of the molecule is COc1ccc(Cl)cc1COC(=O)c1cc([N+](=O)[O-])ccc1NCCO. The van der Waals surface area contributed by atoms with Crippen molar-refractivity contribution in [3.63, 3.8) is 0 Å². The number of methoxy groups -OCH3 is 1. The highest BCUT2D eigenvalue weighted by molar-refractivity contribution is 6.30. The maximum Gasteiger partial charge on any atom is 0.340 e. The number of nitro groups is 1. The van der Waals surface area contributed by atoms with Gasteiger partial charge in [0.25, 0.3) is 5.69 Å². The maximum atomic E-state index is 12.4. The molecule has 0 aliphatic rings. The van der Waals surface area contributed by atoms with Crippen LogP contribution in [0.3, 0.4) is 0 Å². The van der Waals surface area contributed by atoms with Gasteiger partial charge >= 0.3 is 5.97 Å². The number of aliphatic hydroxyl groups is 1. The molecule has 0 saturated carbocycles. The first-order chi connectivity index (χ1) is 12.5. The second-order valence-electron chi connectivity index (χ2n) is 5.17. The lowest BCUT2D eigenvalue weighted by Gasteiger charge is -2.12. The quantitative estimate of drug-likeness (QED) is 0.411. The van der Waals surface area contributed by atoms with Gasteiger partial charge in [-0.3, -0.25) is 10.1 Å². The van der Waals surface area contributed by atoms with Crippen LogP contribution in [-0.4, -0.2) is 36.3 Å². The number of carbonyl (C=O) groups is 1. The summed E-state index contributed by atoms with van der Waals surface area (Å²) >= 11 is 5.94. The minimum atomic E-state index is -0.754. The number of nitrogens with one attached hydrogen (secondary N) is 1. The smallest absolute Gasteiger partial charge is 0.340 e. The number of hydrogen-bond acceptors (Lipinski definition) is 7. The van der Waals surface area contributed by atoms with Gasteiger partial charge in [-0.25, -0.2) is 4.79 Å². The molecule has 0 heterocycles. The number of nitro benzene ring substituents is 1. The molecule has 138 valence electrons. The molecule has 2 aromatic rings. The Balaban J connectivity index is 2.23. The number of benzene rings is 2. The highest BCUT2D eigenvalue weighted by Gasteiger charge is 2.18. The Morgan fingerprint density at radius 2 is 2.08 bits per heavy atom. The van der Waals surface area contributed by atoms with Crippen molar-refractivity contribution in [1.82, 2.24) is 0 Å². The maximum absolute atomic E-state index is 12.4. The van der Waals surface area contributed by atoms with Crippen molar-refractivity contribution in [3.05, 3.63) is 62.7 Å². The van der Waals surface area contributed by atoms with Crippen LogP contribution in [0, 0.1) is 10.1 Å². The van der Waals surface area contributed by atoms with Crippen LogP contribution in [0.25, 0.3) is 0 Å². The first kappa shape index (κ1) is 19.5. The molecule has 0 atom stereocenters. The number of halogens is 1. The van der Waals surface area contributed by atoms with Crippen LogP contribution in [0.4, 0.5) is 11.4 Å². The van der Waals surface area contributed by atoms with E-state index in [2.05, 4.69) is 5.32 Å². The van der Waals surface area contributed by atoms with Crippen LogP contribution in [0.5, 0.6) is 5.75 Å². The van der Waals surface area contributed by atoms with Gasteiger partial charge in [0.05, 0.1) is 24.2 Å². The molecule has 0 aliphatic carbocycles. The van der Waals surface area contributed by atoms with Gasteiger partial charge in [0.1, 0.15) is 12.4 Å². The zero-order valence-electron chi connectivity index (χ0n) is 13.9. The molecule has 26 heavy (non-hydrogen) atoms.